The Balaban J connectivity index is 1.91. The van der Waals surface area contributed by atoms with Gasteiger partial charge in [-0.25, -0.2) is 0 Å². The zero-order valence-corrected chi connectivity index (χ0v) is 12.3. The summed E-state index contributed by atoms with van der Waals surface area (Å²) in [4.78, 5) is 11.3. The van der Waals surface area contributed by atoms with Crippen LogP contribution in [0.4, 0.5) is 0 Å². The summed E-state index contributed by atoms with van der Waals surface area (Å²) in [5, 5.41) is 0. The van der Waals surface area contributed by atoms with Crippen LogP contribution in [-0.4, -0.2) is 19.1 Å². The minimum Gasteiger partial charge on any atom is -0.490 e. The summed E-state index contributed by atoms with van der Waals surface area (Å²) in [7, 11) is 0. The van der Waals surface area contributed by atoms with Gasteiger partial charge in [0.15, 0.2) is 0 Å². The van der Waals surface area contributed by atoms with Crippen LogP contribution in [0.2, 0.25) is 0 Å². The SMILES string of the molecule is Cc1ccc(C)c(OCCOc2ccccc2C(N)=O)c1. The third kappa shape index (κ3) is 3.99. The third-order valence-corrected chi connectivity index (χ3v) is 3.09. The van der Waals surface area contributed by atoms with Gasteiger partial charge < -0.3 is 15.2 Å². The van der Waals surface area contributed by atoms with Gasteiger partial charge in [-0.15, -0.1) is 0 Å². The Morgan fingerprint density at radius 3 is 2.38 bits per heavy atom. The lowest BCUT2D eigenvalue weighted by Gasteiger charge is -2.12. The van der Waals surface area contributed by atoms with Crippen LogP contribution < -0.4 is 15.2 Å². The number of rotatable bonds is 6. The molecule has 0 fully saturated rings. The van der Waals surface area contributed by atoms with Gasteiger partial charge in [-0.3, -0.25) is 4.79 Å². The van der Waals surface area contributed by atoms with Gasteiger partial charge in [0.2, 0.25) is 0 Å². The molecule has 0 spiro atoms. The molecule has 2 aromatic rings. The van der Waals surface area contributed by atoms with Crippen molar-refractivity contribution >= 4 is 5.91 Å². The monoisotopic (exact) mass is 285 g/mol. The Hall–Kier alpha value is -2.49. The maximum atomic E-state index is 11.3. The minimum absolute atomic E-state index is 0.345. The summed E-state index contributed by atoms with van der Waals surface area (Å²) in [6, 6.07) is 13.0. The van der Waals surface area contributed by atoms with E-state index >= 15 is 0 Å². The van der Waals surface area contributed by atoms with Crippen molar-refractivity contribution in [1.29, 1.82) is 0 Å². The first-order valence-electron chi connectivity index (χ1n) is 6.79. The van der Waals surface area contributed by atoms with Gasteiger partial charge in [-0.05, 0) is 43.2 Å². The van der Waals surface area contributed by atoms with Crippen LogP contribution in [0.3, 0.4) is 0 Å². The van der Waals surface area contributed by atoms with Crippen LogP contribution in [0.25, 0.3) is 0 Å². The Labute approximate surface area is 124 Å². The predicted molar refractivity (Wildman–Crippen MR) is 81.9 cm³/mol. The fourth-order valence-corrected chi connectivity index (χ4v) is 1.96. The van der Waals surface area contributed by atoms with Crippen LogP contribution in [-0.2, 0) is 0 Å². The van der Waals surface area contributed by atoms with Crippen molar-refractivity contribution in [2.45, 2.75) is 13.8 Å². The molecular formula is C17H19NO3. The number of hydrogen-bond acceptors (Lipinski definition) is 3. The van der Waals surface area contributed by atoms with E-state index in [1.807, 2.05) is 32.0 Å². The molecule has 0 aliphatic heterocycles. The van der Waals surface area contributed by atoms with Crippen molar-refractivity contribution in [3.8, 4) is 11.5 Å². The number of hydrogen-bond donors (Lipinski definition) is 1. The van der Waals surface area contributed by atoms with E-state index in [9.17, 15) is 4.79 Å². The van der Waals surface area contributed by atoms with Crippen molar-refractivity contribution in [1.82, 2.24) is 0 Å². The number of para-hydroxylation sites is 1. The van der Waals surface area contributed by atoms with E-state index in [0.29, 0.717) is 24.5 Å². The van der Waals surface area contributed by atoms with E-state index in [1.165, 1.54) is 0 Å². The number of amides is 1. The molecule has 1 amide bonds. The quantitative estimate of drug-likeness (QED) is 0.830. The van der Waals surface area contributed by atoms with Crippen LogP contribution in [0.1, 0.15) is 21.5 Å². The van der Waals surface area contributed by atoms with Gasteiger partial charge >= 0.3 is 0 Å². The highest BCUT2D eigenvalue weighted by Crippen LogP contribution is 2.20. The molecule has 4 heteroatoms. The molecule has 0 aliphatic rings. The molecule has 2 rings (SSSR count). The first kappa shape index (κ1) is 14.9. The van der Waals surface area contributed by atoms with E-state index in [2.05, 4.69) is 0 Å². The van der Waals surface area contributed by atoms with E-state index in [1.54, 1.807) is 24.3 Å². The van der Waals surface area contributed by atoms with Crippen LogP contribution >= 0.6 is 0 Å². The highest BCUT2D eigenvalue weighted by molar-refractivity contribution is 5.95. The Morgan fingerprint density at radius 1 is 1.00 bits per heavy atom. The molecule has 0 aliphatic carbocycles. The van der Waals surface area contributed by atoms with Crippen LogP contribution in [0, 0.1) is 13.8 Å². The second-order valence-corrected chi connectivity index (χ2v) is 4.83. The number of primary amides is 1. The van der Waals surface area contributed by atoms with Gasteiger partial charge in [0.25, 0.3) is 5.91 Å². The van der Waals surface area contributed by atoms with E-state index in [0.717, 1.165) is 16.9 Å². The largest absolute Gasteiger partial charge is 0.490 e. The summed E-state index contributed by atoms with van der Waals surface area (Å²) in [5.41, 5.74) is 7.91. The normalized spacial score (nSPS) is 10.2. The van der Waals surface area contributed by atoms with Gasteiger partial charge in [0.05, 0.1) is 5.56 Å². The first-order valence-corrected chi connectivity index (χ1v) is 6.79. The highest BCUT2D eigenvalue weighted by Gasteiger charge is 2.08. The molecule has 0 saturated carbocycles. The van der Waals surface area contributed by atoms with E-state index in [-0.39, 0.29) is 0 Å². The number of ether oxygens (including phenoxy) is 2. The Morgan fingerprint density at radius 2 is 1.67 bits per heavy atom. The number of aryl methyl sites for hydroxylation is 2. The number of carbonyl (C=O) groups is 1. The second-order valence-electron chi connectivity index (χ2n) is 4.83. The zero-order valence-electron chi connectivity index (χ0n) is 12.3. The summed E-state index contributed by atoms with van der Waals surface area (Å²) in [6.07, 6.45) is 0. The smallest absolute Gasteiger partial charge is 0.252 e. The van der Waals surface area contributed by atoms with Crippen molar-refractivity contribution in [3.05, 3.63) is 59.2 Å². The molecule has 110 valence electrons. The topological polar surface area (TPSA) is 61.6 Å². The molecule has 0 radical (unpaired) electrons. The number of carbonyl (C=O) groups excluding carboxylic acids is 1. The second kappa shape index (κ2) is 6.79. The predicted octanol–water partition coefficient (Wildman–Crippen LogP) is 2.86. The zero-order chi connectivity index (χ0) is 15.2. The van der Waals surface area contributed by atoms with Crippen LogP contribution in [0.5, 0.6) is 11.5 Å². The molecule has 0 atom stereocenters. The number of nitrogens with two attached hydrogens (primary N) is 1. The highest BCUT2D eigenvalue weighted by atomic mass is 16.5. The lowest BCUT2D eigenvalue weighted by atomic mass is 10.1. The molecule has 0 bridgehead atoms. The average Bonchev–Trinajstić information content (AvgIpc) is 2.47. The molecule has 0 unspecified atom stereocenters. The van der Waals surface area contributed by atoms with Gasteiger partial charge in [0.1, 0.15) is 24.7 Å². The lowest BCUT2D eigenvalue weighted by Crippen LogP contribution is -2.15. The Bertz CT molecular complexity index is 638. The van der Waals surface area contributed by atoms with Gasteiger partial charge in [0, 0.05) is 0 Å². The number of benzene rings is 2. The maximum absolute atomic E-state index is 11.3. The minimum atomic E-state index is -0.499. The molecule has 4 nitrogen and oxygen atoms in total. The van der Waals surface area contributed by atoms with Crippen molar-refractivity contribution < 1.29 is 14.3 Å². The van der Waals surface area contributed by atoms with E-state index < -0.39 is 5.91 Å². The van der Waals surface area contributed by atoms with Crippen molar-refractivity contribution in [2.75, 3.05) is 13.2 Å². The molecule has 21 heavy (non-hydrogen) atoms. The Kier molecular flexibility index (Phi) is 4.82. The van der Waals surface area contributed by atoms with Crippen LogP contribution in [0.15, 0.2) is 42.5 Å². The van der Waals surface area contributed by atoms with Crippen molar-refractivity contribution in [2.24, 2.45) is 5.73 Å². The summed E-state index contributed by atoms with van der Waals surface area (Å²) < 4.78 is 11.3. The summed E-state index contributed by atoms with van der Waals surface area (Å²) >= 11 is 0. The molecule has 0 heterocycles. The summed E-state index contributed by atoms with van der Waals surface area (Å²) in [5.74, 6) is 0.831. The molecule has 0 saturated heterocycles. The molecule has 2 N–H and O–H groups in total. The molecule has 2 aromatic carbocycles. The standard InChI is InChI=1S/C17H19NO3/c1-12-7-8-13(2)16(11-12)21-10-9-20-15-6-4-3-5-14(15)17(18)19/h3-8,11H,9-10H2,1-2H3,(H2,18,19). The summed E-state index contributed by atoms with van der Waals surface area (Å²) in [6.45, 7) is 4.76. The lowest BCUT2D eigenvalue weighted by molar-refractivity contribution is 0.0995. The first-order chi connectivity index (χ1) is 10.1. The molecule has 0 aromatic heterocycles. The van der Waals surface area contributed by atoms with Gasteiger partial charge in [-0.2, -0.15) is 0 Å². The molecular weight excluding hydrogens is 266 g/mol. The van der Waals surface area contributed by atoms with Crippen molar-refractivity contribution in [3.63, 3.8) is 0 Å². The fourth-order valence-electron chi connectivity index (χ4n) is 1.96. The average molecular weight is 285 g/mol. The van der Waals surface area contributed by atoms with Gasteiger partial charge in [-0.1, -0.05) is 24.3 Å². The van der Waals surface area contributed by atoms with E-state index in [4.69, 9.17) is 15.2 Å². The fraction of sp³-hybridized carbons (Fsp3) is 0.235. The maximum Gasteiger partial charge on any atom is 0.252 e. The third-order valence-electron chi connectivity index (χ3n) is 3.09.